The quantitative estimate of drug-likeness (QED) is 0.458. The Balaban J connectivity index is 0. The van der Waals surface area contributed by atoms with Crippen molar-refractivity contribution in [2.45, 2.75) is 19.3 Å². The van der Waals surface area contributed by atoms with Gasteiger partial charge in [0.25, 0.3) is 0 Å². The van der Waals surface area contributed by atoms with E-state index in [1.807, 2.05) is 13.8 Å². The second-order valence-corrected chi connectivity index (χ2v) is 1.83. The van der Waals surface area contributed by atoms with Gasteiger partial charge in [-0.2, -0.15) is 0 Å². The van der Waals surface area contributed by atoms with Gasteiger partial charge in [-0.05, 0) is 13.5 Å². The zero-order chi connectivity index (χ0) is 4.99. The molecule has 0 radical (unpaired) electrons. The molecule has 46 valence electrons. The maximum Gasteiger partial charge on any atom is 0.0796 e. The van der Waals surface area contributed by atoms with E-state index in [0.29, 0.717) is 0 Å². The van der Waals surface area contributed by atoms with Crippen LogP contribution >= 0.6 is 24.0 Å². The lowest BCUT2D eigenvalue weighted by Gasteiger charge is -1.98. The molecule has 0 aromatic heterocycles. The van der Waals surface area contributed by atoms with Gasteiger partial charge in [0, 0.05) is 0 Å². The summed E-state index contributed by atoms with van der Waals surface area (Å²) in [5.74, 6) is 0. The molecule has 0 fully saturated rings. The summed E-state index contributed by atoms with van der Waals surface area (Å²) in [7, 11) is 0. The molecule has 0 saturated carbocycles. The Morgan fingerprint density at radius 1 is 1.71 bits per heavy atom. The van der Waals surface area contributed by atoms with Crippen molar-refractivity contribution in [1.29, 1.82) is 0 Å². The Labute approximate surface area is 55.8 Å². The Hall–Kier alpha value is 0.540. The average molecular weight is 144 g/mol. The smallest absolute Gasteiger partial charge is 0.0796 e. The molecule has 0 aliphatic carbocycles. The molecule has 0 bridgehead atoms. The third kappa shape index (κ3) is 10.8. The van der Waals surface area contributed by atoms with Gasteiger partial charge in [0.05, 0.1) is 5.50 Å². The van der Waals surface area contributed by atoms with Crippen molar-refractivity contribution < 1.29 is 0 Å². The summed E-state index contributed by atoms with van der Waals surface area (Å²) in [5.41, 5.74) is 0.120. The standard InChI is InChI=1S/C4H10ClN.ClH/c1-3-6-4(2)5;/h4,6H,3H2,1-2H3;1H. The number of hydrogen-bond acceptors (Lipinski definition) is 1. The Morgan fingerprint density at radius 2 is 2.14 bits per heavy atom. The molecule has 0 spiro atoms. The lowest BCUT2D eigenvalue weighted by atomic mass is 10.7. The first kappa shape index (κ1) is 10.5. The van der Waals surface area contributed by atoms with Crippen LogP contribution in [0.15, 0.2) is 0 Å². The van der Waals surface area contributed by atoms with Crippen molar-refractivity contribution >= 4 is 24.0 Å². The minimum Gasteiger partial charge on any atom is -0.302 e. The zero-order valence-electron chi connectivity index (χ0n) is 4.57. The van der Waals surface area contributed by atoms with E-state index >= 15 is 0 Å². The Kier molecular flexibility index (Phi) is 9.82. The number of alkyl halides is 1. The van der Waals surface area contributed by atoms with Crippen LogP contribution in [0.4, 0.5) is 0 Å². The molecule has 1 atom stereocenters. The Bertz CT molecular complexity index is 30.9. The topological polar surface area (TPSA) is 12.0 Å². The highest BCUT2D eigenvalue weighted by Gasteiger charge is 1.85. The summed E-state index contributed by atoms with van der Waals surface area (Å²) in [6, 6.07) is 0. The highest BCUT2D eigenvalue weighted by molar-refractivity contribution is 6.20. The van der Waals surface area contributed by atoms with Crippen LogP contribution in [0.3, 0.4) is 0 Å². The monoisotopic (exact) mass is 143 g/mol. The summed E-state index contributed by atoms with van der Waals surface area (Å²) in [6.45, 7) is 4.88. The zero-order valence-corrected chi connectivity index (χ0v) is 6.14. The van der Waals surface area contributed by atoms with Crippen LogP contribution in [0.5, 0.6) is 0 Å². The number of nitrogens with one attached hydrogen (secondary N) is 1. The van der Waals surface area contributed by atoms with E-state index in [4.69, 9.17) is 11.6 Å². The van der Waals surface area contributed by atoms with Crippen molar-refractivity contribution in [3.63, 3.8) is 0 Å². The minimum absolute atomic E-state index is 0. The third-order valence-corrected chi connectivity index (χ3v) is 0.640. The van der Waals surface area contributed by atoms with Crippen LogP contribution in [-0.2, 0) is 0 Å². The molecule has 1 N–H and O–H groups in total. The molecule has 0 aliphatic rings. The fourth-order valence-corrected chi connectivity index (χ4v) is 0.436. The Morgan fingerprint density at radius 3 is 2.14 bits per heavy atom. The van der Waals surface area contributed by atoms with Crippen LogP contribution in [0.1, 0.15) is 13.8 Å². The van der Waals surface area contributed by atoms with Crippen LogP contribution in [0.25, 0.3) is 0 Å². The van der Waals surface area contributed by atoms with E-state index in [-0.39, 0.29) is 17.9 Å². The molecule has 3 heteroatoms. The van der Waals surface area contributed by atoms with Crippen LogP contribution in [0.2, 0.25) is 0 Å². The predicted octanol–water partition coefficient (Wildman–Crippen LogP) is 1.60. The van der Waals surface area contributed by atoms with Gasteiger partial charge in [-0.15, -0.1) is 24.0 Å². The van der Waals surface area contributed by atoms with Gasteiger partial charge in [-0.3, -0.25) is 0 Å². The van der Waals surface area contributed by atoms with Crippen molar-refractivity contribution in [3.05, 3.63) is 0 Å². The molecular weight excluding hydrogens is 133 g/mol. The summed E-state index contributed by atoms with van der Waals surface area (Å²) in [5, 5.41) is 2.97. The second-order valence-electron chi connectivity index (χ2n) is 1.17. The van der Waals surface area contributed by atoms with E-state index in [9.17, 15) is 0 Å². The van der Waals surface area contributed by atoms with Crippen molar-refractivity contribution in [3.8, 4) is 0 Å². The summed E-state index contributed by atoms with van der Waals surface area (Å²) >= 11 is 5.47. The van der Waals surface area contributed by atoms with E-state index in [0.717, 1.165) is 6.54 Å². The van der Waals surface area contributed by atoms with Gasteiger partial charge in [0.2, 0.25) is 0 Å². The average Bonchev–Trinajstić information content (AvgIpc) is 1.35. The second kappa shape index (κ2) is 6.54. The van der Waals surface area contributed by atoms with E-state index in [2.05, 4.69) is 5.32 Å². The minimum atomic E-state index is 0. The third-order valence-electron chi connectivity index (χ3n) is 0.485. The SMILES string of the molecule is CCNC(C)Cl.Cl. The molecule has 0 saturated heterocycles. The largest absolute Gasteiger partial charge is 0.302 e. The maximum absolute atomic E-state index is 5.47. The van der Waals surface area contributed by atoms with Gasteiger partial charge < -0.3 is 5.32 Å². The highest BCUT2D eigenvalue weighted by atomic mass is 35.5. The molecule has 0 aromatic carbocycles. The van der Waals surface area contributed by atoms with Crippen LogP contribution in [-0.4, -0.2) is 12.0 Å². The fourth-order valence-electron chi connectivity index (χ4n) is 0.281. The predicted molar refractivity (Wildman–Crippen MR) is 36.2 cm³/mol. The van der Waals surface area contributed by atoms with Gasteiger partial charge in [0.1, 0.15) is 0 Å². The fraction of sp³-hybridized carbons (Fsp3) is 1.00. The van der Waals surface area contributed by atoms with Crippen molar-refractivity contribution in [2.75, 3.05) is 6.54 Å². The molecule has 0 amide bonds. The summed E-state index contributed by atoms with van der Waals surface area (Å²) in [6.07, 6.45) is 0. The highest BCUT2D eigenvalue weighted by Crippen LogP contribution is 1.82. The number of hydrogen-bond donors (Lipinski definition) is 1. The first-order chi connectivity index (χ1) is 2.77. The molecule has 0 rings (SSSR count). The maximum atomic E-state index is 5.47. The number of rotatable bonds is 2. The van der Waals surface area contributed by atoms with E-state index in [1.54, 1.807) is 0 Å². The summed E-state index contributed by atoms with van der Waals surface area (Å²) in [4.78, 5) is 0. The lowest BCUT2D eigenvalue weighted by molar-refractivity contribution is 0.712. The molecule has 7 heavy (non-hydrogen) atoms. The molecule has 1 nitrogen and oxygen atoms in total. The summed E-state index contributed by atoms with van der Waals surface area (Å²) < 4.78 is 0. The number of halogens is 2. The van der Waals surface area contributed by atoms with Gasteiger partial charge in [-0.1, -0.05) is 6.92 Å². The van der Waals surface area contributed by atoms with Gasteiger partial charge in [-0.25, -0.2) is 0 Å². The molecule has 0 heterocycles. The van der Waals surface area contributed by atoms with E-state index < -0.39 is 0 Å². The first-order valence-electron chi connectivity index (χ1n) is 2.14. The molecule has 1 unspecified atom stereocenters. The molecule has 0 aromatic rings. The lowest BCUT2D eigenvalue weighted by Crippen LogP contribution is -2.18. The normalized spacial score (nSPS) is 12.4. The van der Waals surface area contributed by atoms with Gasteiger partial charge >= 0.3 is 0 Å². The van der Waals surface area contributed by atoms with Crippen molar-refractivity contribution in [2.24, 2.45) is 0 Å². The molecular formula is C4H11Cl2N. The van der Waals surface area contributed by atoms with Gasteiger partial charge in [0.15, 0.2) is 0 Å². The van der Waals surface area contributed by atoms with Crippen LogP contribution < -0.4 is 5.32 Å². The van der Waals surface area contributed by atoms with Crippen LogP contribution in [0, 0.1) is 0 Å². The van der Waals surface area contributed by atoms with E-state index in [1.165, 1.54) is 0 Å². The van der Waals surface area contributed by atoms with Crippen molar-refractivity contribution in [1.82, 2.24) is 5.32 Å². The first-order valence-corrected chi connectivity index (χ1v) is 2.58. The molecule has 0 aliphatic heterocycles.